The number of rotatable bonds is 3. The third kappa shape index (κ3) is 3.39. The van der Waals surface area contributed by atoms with Gasteiger partial charge in [0.05, 0.1) is 18.1 Å². The molecule has 0 aliphatic carbocycles. The molecule has 0 aliphatic heterocycles. The number of nitrogen functional groups attached to an aromatic ring is 1. The number of hydrogen-bond donors (Lipinski definition) is 1. The van der Waals surface area contributed by atoms with Gasteiger partial charge in [-0.3, -0.25) is 4.79 Å². The Morgan fingerprint density at radius 3 is 2.87 bits per heavy atom. The smallest absolute Gasteiger partial charge is 0.310 e. The van der Waals surface area contributed by atoms with Gasteiger partial charge in [0.2, 0.25) is 0 Å². The summed E-state index contributed by atoms with van der Waals surface area (Å²) in [5.41, 5.74) is 6.93. The normalized spacial score (nSPS) is 10.1. The lowest BCUT2D eigenvalue weighted by molar-refractivity contribution is -0.142. The van der Waals surface area contributed by atoms with E-state index in [0.717, 1.165) is 4.47 Å². The third-order valence-corrected chi connectivity index (χ3v) is 3.02. The topological polar surface area (TPSA) is 52.3 Å². The number of ether oxygens (including phenoxy) is 1. The van der Waals surface area contributed by atoms with Crippen LogP contribution < -0.4 is 5.73 Å². The molecule has 5 heteroatoms. The molecule has 2 N–H and O–H groups in total. The molecule has 0 spiro atoms. The second kappa shape index (κ2) is 5.37. The van der Waals surface area contributed by atoms with Crippen LogP contribution in [-0.2, 0) is 16.0 Å². The zero-order valence-corrected chi connectivity index (χ0v) is 10.6. The first-order valence-corrected chi connectivity index (χ1v) is 5.60. The summed E-state index contributed by atoms with van der Waals surface area (Å²) >= 11 is 9.11. The van der Waals surface area contributed by atoms with Gasteiger partial charge in [-0.2, -0.15) is 0 Å². The zero-order chi connectivity index (χ0) is 11.4. The molecule has 1 aromatic carbocycles. The largest absolute Gasteiger partial charge is 0.466 e. The van der Waals surface area contributed by atoms with Crippen LogP contribution in [0.15, 0.2) is 16.6 Å². The molecular weight excluding hydrogens is 281 g/mol. The molecule has 0 radical (unpaired) electrons. The maximum atomic E-state index is 11.2. The van der Waals surface area contributed by atoms with Crippen LogP contribution in [0.25, 0.3) is 0 Å². The zero-order valence-electron chi connectivity index (χ0n) is 8.22. The molecule has 0 atom stereocenters. The summed E-state index contributed by atoms with van der Waals surface area (Å²) in [4.78, 5) is 11.2. The van der Waals surface area contributed by atoms with Crippen molar-refractivity contribution in [1.82, 2.24) is 0 Å². The second-order valence-corrected chi connectivity index (χ2v) is 4.21. The fourth-order valence-electron chi connectivity index (χ4n) is 1.12. The molecule has 0 saturated carbocycles. The van der Waals surface area contributed by atoms with Crippen LogP contribution in [0, 0.1) is 0 Å². The second-order valence-electron chi connectivity index (χ2n) is 2.95. The highest BCUT2D eigenvalue weighted by Gasteiger charge is 2.09. The number of carbonyl (C=O) groups excluding carboxylic acids is 1. The molecule has 3 nitrogen and oxygen atoms in total. The van der Waals surface area contributed by atoms with Gasteiger partial charge in [0, 0.05) is 10.2 Å². The van der Waals surface area contributed by atoms with Crippen LogP contribution in [0.3, 0.4) is 0 Å². The average Bonchev–Trinajstić information content (AvgIpc) is 2.14. The van der Waals surface area contributed by atoms with Gasteiger partial charge in [0.25, 0.3) is 0 Å². The summed E-state index contributed by atoms with van der Waals surface area (Å²) in [5.74, 6) is -0.293. The number of esters is 1. The minimum Gasteiger partial charge on any atom is -0.466 e. The minimum absolute atomic E-state index is 0.162. The lowest BCUT2D eigenvalue weighted by Crippen LogP contribution is -2.09. The Morgan fingerprint density at radius 1 is 1.60 bits per heavy atom. The van der Waals surface area contributed by atoms with E-state index in [-0.39, 0.29) is 12.4 Å². The van der Waals surface area contributed by atoms with Crippen LogP contribution in [0.5, 0.6) is 0 Å². The molecule has 1 rings (SSSR count). The molecule has 0 aromatic heterocycles. The molecule has 0 fully saturated rings. The summed E-state index contributed by atoms with van der Waals surface area (Å²) in [5, 5.41) is 0.528. The van der Waals surface area contributed by atoms with E-state index in [9.17, 15) is 4.79 Å². The maximum absolute atomic E-state index is 11.2. The monoisotopic (exact) mass is 291 g/mol. The highest BCUT2D eigenvalue weighted by atomic mass is 79.9. The number of benzene rings is 1. The summed E-state index contributed by atoms with van der Waals surface area (Å²) < 4.78 is 5.55. The van der Waals surface area contributed by atoms with E-state index in [4.69, 9.17) is 22.1 Å². The number of carbonyl (C=O) groups is 1. The minimum atomic E-state index is -0.293. The first-order valence-electron chi connectivity index (χ1n) is 4.43. The average molecular weight is 293 g/mol. The molecule has 1 aromatic rings. The molecule has 0 unspecified atom stereocenters. The van der Waals surface area contributed by atoms with Gasteiger partial charge in [0.1, 0.15) is 0 Å². The van der Waals surface area contributed by atoms with Crippen LogP contribution in [0.4, 0.5) is 5.69 Å². The number of halogens is 2. The van der Waals surface area contributed by atoms with Gasteiger partial charge in [-0.25, -0.2) is 0 Å². The number of anilines is 1. The Bertz CT molecular complexity index is 382. The Morgan fingerprint density at radius 2 is 2.27 bits per heavy atom. The Labute approximate surface area is 102 Å². The van der Waals surface area contributed by atoms with E-state index in [1.165, 1.54) is 0 Å². The number of nitrogens with two attached hydrogens (primary N) is 1. The van der Waals surface area contributed by atoms with Crippen molar-refractivity contribution in [3.05, 3.63) is 27.2 Å². The SMILES string of the molecule is CCOC(=O)Cc1cc(Br)c(Cl)cc1N. The van der Waals surface area contributed by atoms with Crippen molar-refractivity contribution in [2.24, 2.45) is 0 Å². The van der Waals surface area contributed by atoms with Crippen LogP contribution in [0.1, 0.15) is 12.5 Å². The van der Waals surface area contributed by atoms with E-state index < -0.39 is 0 Å². The summed E-state index contributed by atoms with van der Waals surface area (Å²) in [6.45, 7) is 2.13. The van der Waals surface area contributed by atoms with Crippen molar-refractivity contribution >= 4 is 39.2 Å². The third-order valence-electron chi connectivity index (χ3n) is 1.82. The van der Waals surface area contributed by atoms with Crippen LogP contribution >= 0.6 is 27.5 Å². The van der Waals surface area contributed by atoms with E-state index in [0.29, 0.717) is 22.9 Å². The molecule has 0 amide bonds. The standard InChI is InChI=1S/C10H11BrClNO2/c1-2-15-10(14)4-6-3-7(11)8(12)5-9(6)13/h3,5H,2,4,13H2,1H3. The van der Waals surface area contributed by atoms with Crippen molar-refractivity contribution in [3.8, 4) is 0 Å². The first-order chi connectivity index (χ1) is 7.04. The van der Waals surface area contributed by atoms with Crippen LogP contribution in [-0.4, -0.2) is 12.6 Å². The molecule has 0 aliphatic rings. The maximum Gasteiger partial charge on any atom is 0.310 e. The summed E-state index contributed by atoms with van der Waals surface area (Å²) in [6.07, 6.45) is 0.162. The predicted molar refractivity (Wildman–Crippen MR) is 63.9 cm³/mol. The predicted octanol–water partition coefficient (Wildman–Crippen LogP) is 2.79. The van der Waals surface area contributed by atoms with Gasteiger partial charge >= 0.3 is 5.97 Å². The van der Waals surface area contributed by atoms with Crippen LogP contribution in [0.2, 0.25) is 5.02 Å². The fraction of sp³-hybridized carbons (Fsp3) is 0.300. The summed E-state index contributed by atoms with van der Waals surface area (Å²) in [6, 6.07) is 3.34. The van der Waals surface area contributed by atoms with Crippen molar-refractivity contribution in [3.63, 3.8) is 0 Å². The number of hydrogen-bond acceptors (Lipinski definition) is 3. The molecule has 82 valence electrons. The Balaban J connectivity index is 2.86. The van der Waals surface area contributed by atoms with Crippen molar-refractivity contribution in [2.75, 3.05) is 12.3 Å². The quantitative estimate of drug-likeness (QED) is 0.688. The first kappa shape index (κ1) is 12.3. The van der Waals surface area contributed by atoms with Gasteiger partial charge in [-0.1, -0.05) is 11.6 Å². The van der Waals surface area contributed by atoms with Crippen molar-refractivity contribution < 1.29 is 9.53 Å². The van der Waals surface area contributed by atoms with Gasteiger partial charge in [-0.15, -0.1) is 0 Å². The van der Waals surface area contributed by atoms with Gasteiger partial charge in [0.15, 0.2) is 0 Å². The molecular formula is C10H11BrClNO2. The molecule has 0 saturated heterocycles. The van der Waals surface area contributed by atoms with E-state index >= 15 is 0 Å². The van der Waals surface area contributed by atoms with E-state index in [2.05, 4.69) is 15.9 Å². The summed E-state index contributed by atoms with van der Waals surface area (Å²) in [7, 11) is 0. The fourth-order valence-corrected chi connectivity index (χ4v) is 1.69. The van der Waals surface area contributed by atoms with Gasteiger partial charge in [-0.05, 0) is 40.5 Å². The molecule has 0 heterocycles. The molecule has 15 heavy (non-hydrogen) atoms. The van der Waals surface area contributed by atoms with E-state index in [1.807, 2.05) is 0 Å². The highest BCUT2D eigenvalue weighted by Crippen LogP contribution is 2.28. The Hall–Kier alpha value is -0.740. The highest BCUT2D eigenvalue weighted by molar-refractivity contribution is 9.10. The molecule has 0 bridgehead atoms. The lowest BCUT2D eigenvalue weighted by Gasteiger charge is -2.07. The lowest BCUT2D eigenvalue weighted by atomic mass is 10.1. The Kier molecular flexibility index (Phi) is 4.42. The van der Waals surface area contributed by atoms with E-state index in [1.54, 1.807) is 19.1 Å². The van der Waals surface area contributed by atoms with Crippen molar-refractivity contribution in [1.29, 1.82) is 0 Å². The van der Waals surface area contributed by atoms with Gasteiger partial charge < -0.3 is 10.5 Å². The van der Waals surface area contributed by atoms with Crippen molar-refractivity contribution in [2.45, 2.75) is 13.3 Å².